The van der Waals surface area contributed by atoms with Crippen molar-refractivity contribution in [1.29, 1.82) is 0 Å². The van der Waals surface area contributed by atoms with Crippen LogP contribution in [0, 0.1) is 11.6 Å². The van der Waals surface area contributed by atoms with E-state index in [9.17, 15) is 8.42 Å². The summed E-state index contributed by atoms with van der Waals surface area (Å²) in [4.78, 5) is 7.46. The fraction of sp³-hybridized carbons (Fsp3) is 0.240. The lowest BCUT2D eigenvalue weighted by Gasteiger charge is -2.29. The Hall–Kier alpha value is -3.05. The van der Waals surface area contributed by atoms with Gasteiger partial charge < -0.3 is 14.5 Å². The van der Waals surface area contributed by atoms with Gasteiger partial charge in [0.25, 0.3) is 0 Å². The van der Waals surface area contributed by atoms with E-state index in [1.54, 1.807) is 25.3 Å². The second-order valence-corrected chi connectivity index (χ2v) is 10.6. The Kier molecular flexibility index (Phi) is 6.46. The van der Waals surface area contributed by atoms with Crippen LogP contribution in [0.25, 0.3) is 22.2 Å². The van der Waals surface area contributed by atoms with Crippen molar-refractivity contribution in [2.24, 2.45) is 0 Å². The van der Waals surface area contributed by atoms with Gasteiger partial charge in [-0.15, -0.1) is 0 Å². The van der Waals surface area contributed by atoms with E-state index in [2.05, 4.69) is 14.7 Å². The number of ether oxygens (including phenoxy) is 2. The van der Waals surface area contributed by atoms with Crippen molar-refractivity contribution in [3.05, 3.63) is 82.6 Å². The molecule has 0 radical (unpaired) electrons. The van der Waals surface area contributed by atoms with Crippen molar-refractivity contribution < 1.29 is 26.7 Å². The van der Waals surface area contributed by atoms with E-state index in [-0.39, 0.29) is 19.0 Å². The molecule has 1 fully saturated rings. The first-order valence-corrected chi connectivity index (χ1v) is 13.3. The average molecular weight is 534 g/mol. The molecule has 36 heavy (non-hydrogen) atoms. The molecule has 1 saturated heterocycles. The smallest absolute Gasteiger partial charge is 0.232 e. The minimum atomic E-state index is -3.83. The number of benzene rings is 2. The topological polar surface area (TPSA) is 93.3 Å². The van der Waals surface area contributed by atoms with Crippen molar-refractivity contribution in [2.75, 3.05) is 23.7 Å². The second kappa shape index (κ2) is 9.44. The number of halogens is 3. The third-order valence-corrected chi connectivity index (χ3v) is 7.64. The number of nitrogens with one attached hydrogen (secondary N) is 2. The molecule has 0 atom stereocenters. The van der Waals surface area contributed by atoms with Crippen molar-refractivity contribution >= 4 is 38.3 Å². The zero-order chi connectivity index (χ0) is 25.5. The van der Waals surface area contributed by atoms with Gasteiger partial charge in [-0.1, -0.05) is 30.7 Å². The summed E-state index contributed by atoms with van der Waals surface area (Å²) < 4.78 is 69.6. The number of H-pyrrole nitrogens is 1. The first-order chi connectivity index (χ1) is 17.2. The van der Waals surface area contributed by atoms with E-state index in [1.807, 2.05) is 18.2 Å². The van der Waals surface area contributed by atoms with E-state index >= 15 is 8.78 Å². The van der Waals surface area contributed by atoms with Gasteiger partial charge in [0.2, 0.25) is 15.8 Å². The molecule has 0 spiro atoms. The molecule has 3 heterocycles. The van der Waals surface area contributed by atoms with Crippen LogP contribution in [-0.2, 0) is 25.3 Å². The van der Waals surface area contributed by atoms with Gasteiger partial charge in [0.15, 0.2) is 5.82 Å². The Balaban J connectivity index is 1.67. The fourth-order valence-corrected chi connectivity index (χ4v) is 5.60. The fourth-order valence-electron chi connectivity index (χ4n) is 4.34. The highest BCUT2D eigenvalue weighted by Gasteiger charge is 2.47. The van der Waals surface area contributed by atoms with Gasteiger partial charge in [-0.3, -0.25) is 4.72 Å². The molecule has 2 N–H and O–H groups in total. The lowest BCUT2D eigenvalue weighted by molar-refractivity contribution is -0.133. The van der Waals surface area contributed by atoms with E-state index in [0.29, 0.717) is 28.0 Å². The summed E-state index contributed by atoms with van der Waals surface area (Å²) in [5.41, 5.74) is 1.42. The van der Waals surface area contributed by atoms with Gasteiger partial charge in [-0.2, -0.15) is 0 Å². The zero-order valence-corrected chi connectivity index (χ0v) is 20.7. The van der Waals surface area contributed by atoms with Gasteiger partial charge in [0, 0.05) is 33.9 Å². The Morgan fingerprint density at radius 3 is 2.53 bits per heavy atom. The predicted molar refractivity (Wildman–Crippen MR) is 133 cm³/mol. The molecule has 2 aromatic carbocycles. The van der Waals surface area contributed by atoms with Gasteiger partial charge in [0.1, 0.15) is 11.5 Å². The molecule has 1 aliphatic rings. The number of aromatic nitrogens is 2. The van der Waals surface area contributed by atoms with Crippen LogP contribution in [-0.4, -0.2) is 37.4 Å². The lowest BCUT2D eigenvalue weighted by atomic mass is 9.94. The number of rotatable bonds is 7. The minimum absolute atomic E-state index is 0.0711. The predicted octanol–water partition coefficient (Wildman–Crippen LogP) is 5.56. The highest BCUT2D eigenvalue weighted by atomic mass is 35.5. The monoisotopic (exact) mass is 533 g/mol. The minimum Gasteiger partial charge on any atom is -0.346 e. The number of hydrogen-bond acceptors (Lipinski definition) is 5. The molecule has 5 rings (SSSR count). The lowest BCUT2D eigenvalue weighted by Crippen LogP contribution is -2.32. The molecule has 4 aromatic rings. The quantitative estimate of drug-likeness (QED) is 0.324. The van der Waals surface area contributed by atoms with Crippen LogP contribution in [0.5, 0.6) is 0 Å². The first kappa shape index (κ1) is 24.6. The summed E-state index contributed by atoms with van der Waals surface area (Å²) in [6, 6.07) is 11.0. The number of nitrogens with zero attached hydrogens (tertiary/aromatic N) is 1. The van der Waals surface area contributed by atoms with Crippen LogP contribution in [0.15, 0.2) is 54.9 Å². The highest BCUT2D eigenvalue weighted by molar-refractivity contribution is 7.92. The van der Waals surface area contributed by atoms with Gasteiger partial charge in [-0.25, -0.2) is 22.2 Å². The number of sulfonamides is 1. The van der Waals surface area contributed by atoms with Gasteiger partial charge in [-0.05, 0) is 42.3 Å². The molecule has 0 bridgehead atoms. The van der Waals surface area contributed by atoms with Gasteiger partial charge in [0.05, 0.1) is 30.2 Å². The number of hydrogen-bond donors (Lipinski definition) is 2. The maximum atomic E-state index is 15.8. The summed E-state index contributed by atoms with van der Waals surface area (Å²) in [5.74, 6) is -4.23. The maximum absolute atomic E-state index is 15.8. The standard InChI is InChI=1S/C25H22ClF2N3O4S/c1-2-11-36(32,33)31-21-8-7-20(27)22(23(21)28)25(34-9-10-35-25)19-14-30-24-18(19)12-16(13-29-24)15-3-5-17(26)6-4-15/h3-8,12-14,31H,2,9-11H2,1H3,(H,29,30). The molecule has 0 aliphatic carbocycles. The second-order valence-electron chi connectivity index (χ2n) is 8.35. The van der Waals surface area contributed by atoms with E-state index in [0.717, 1.165) is 23.3 Å². The average Bonchev–Trinajstić information content (AvgIpc) is 3.49. The molecule has 0 unspecified atom stereocenters. The maximum Gasteiger partial charge on any atom is 0.232 e. The van der Waals surface area contributed by atoms with Crippen LogP contribution in [0.1, 0.15) is 24.5 Å². The number of pyridine rings is 1. The highest BCUT2D eigenvalue weighted by Crippen LogP contribution is 2.45. The van der Waals surface area contributed by atoms with E-state index in [4.69, 9.17) is 21.1 Å². The molecule has 188 valence electrons. The Morgan fingerprint density at radius 1 is 1.11 bits per heavy atom. The summed E-state index contributed by atoms with van der Waals surface area (Å²) in [6.07, 6.45) is 3.53. The van der Waals surface area contributed by atoms with Crippen molar-refractivity contribution in [3.8, 4) is 11.1 Å². The van der Waals surface area contributed by atoms with E-state index in [1.165, 1.54) is 6.20 Å². The van der Waals surface area contributed by atoms with Crippen LogP contribution in [0.3, 0.4) is 0 Å². The van der Waals surface area contributed by atoms with Crippen molar-refractivity contribution in [3.63, 3.8) is 0 Å². The van der Waals surface area contributed by atoms with Crippen LogP contribution in [0.2, 0.25) is 5.02 Å². The molecule has 2 aromatic heterocycles. The summed E-state index contributed by atoms with van der Waals surface area (Å²) in [6.45, 7) is 1.83. The van der Waals surface area contributed by atoms with Gasteiger partial charge >= 0.3 is 0 Å². The molecular formula is C25H22ClF2N3O4S. The molecule has 0 amide bonds. The summed E-state index contributed by atoms with van der Waals surface area (Å²) >= 11 is 6.01. The Bertz CT molecular complexity index is 1540. The SMILES string of the molecule is CCCS(=O)(=O)Nc1ccc(F)c(C2(c3c[nH]c4ncc(-c5ccc(Cl)cc5)cc34)OCCO2)c1F. The number of fused-ring (bicyclic) bond motifs is 1. The Labute approximate surface area is 211 Å². The Morgan fingerprint density at radius 2 is 1.83 bits per heavy atom. The number of anilines is 1. The third kappa shape index (κ3) is 4.34. The zero-order valence-electron chi connectivity index (χ0n) is 19.1. The van der Waals surface area contributed by atoms with Crippen molar-refractivity contribution in [1.82, 2.24) is 9.97 Å². The number of aromatic amines is 1. The first-order valence-electron chi connectivity index (χ1n) is 11.2. The van der Waals surface area contributed by atoms with Crippen LogP contribution >= 0.6 is 11.6 Å². The summed E-state index contributed by atoms with van der Waals surface area (Å²) in [7, 11) is -3.83. The molecule has 7 nitrogen and oxygen atoms in total. The van der Waals surface area contributed by atoms with E-state index < -0.39 is 38.7 Å². The van der Waals surface area contributed by atoms with Crippen LogP contribution in [0.4, 0.5) is 14.5 Å². The molecule has 1 aliphatic heterocycles. The molecular weight excluding hydrogens is 512 g/mol. The molecule has 0 saturated carbocycles. The molecule has 11 heteroatoms. The summed E-state index contributed by atoms with van der Waals surface area (Å²) in [5, 5.41) is 1.11. The van der Waals surface area contributed by atoms with Crippen LogP contribution < -0.4 is 4.72 Å². The third-order valence-electron chi connectivity index (χ3n) is 5.92. The largest absolute Gasteiger partial charge is 0.346 e. The van der Waals surface area contributed by atoms with Crippen molar-refractivity contribution in [2.45, 2.75) is 19.1 Å². The normalized spacial score (nSPS) is 15.4.